The summed E-state index contributed by atoms with van der Waals surface area (Å²) < 4.78 is 0. The second kappa shape index (κ2) is 4.19. The third-order valence-electron chi connectivity index (χ3n) is 3.97. The molecule has 0 spiro atoms. The summed E-state index contributed by atoms with van der Waals surface area (Å²) in [6.45, 7) is 2.05. The van der Waals surface area contributed by atoms with E-state index in [2.05, 4.69) is 4.98 Å². The normalized spacial score (nSPS) is 25.8. The molecule has 94 valence electrons. The van der Waals surface area contributed by atoms with Gasteiger partial charge in [0.1, 0.15) is 5.69 Å². The molecule has 1 aliphatic carbocycles. The van der Waals surface area contributed by atoms with E-state index < -0.39 is 0 Å². The molecular weight excluding hydrogens is 228 g/mol. The number of Topliss-reactive ketones (excluding diaryl/α,β-unsaturated/α-hetero) is 1. The monoisotopic (exact) mass is 244 g/mol. The molecule has 0 aromatic carbocycles. The number of aromatic nitrogens is 1. The number of hydrogen-bond acceptors (Lipinski definition) is 3. The van der Waals surface area contributed by atoms with Crippen LogP contribution in [-0.2, 0) is 4.79 Å². The van der Waals surface area contributed by atoms with Crippen LogP contribution >= 0.6 is 0 Å². The zero-order valence-electron chi connectivity index (χ0n) is 10.4. The van der Waals surface area contributed by atoms with Gasteiger partial charge in [0, 0.05) is 17.7 Å². The summed E-state index contributed by atoms with van der Waals surface area (Å²) >= 11 is 0. The summed E-state index contributed by atoms with van der Waals surface area (Å²) in [5.74, 6) is 0.278. The zero-order valence-corrected chi connectivity index (χ0v) is 10.4. The topological polar surface area (TPSA) is 50.3 Å². The molecule has 2 bridgehead atoms. The van der Waals surface area contributed by atoms with Crippen LogP contribution in [0.25, 0.3) is 0 Å². The molecule has 1 saturated heterocycles. The highest BCUT2D eigenvalue weighted by Gasteiger charge is 2.45. The number of pyridine rings is 1. The molecule has 1 aromatic heterocycles. The van der Waals surface area contributed by atoms with Crippen LogP contribution in [0.2, 0.25) is 0 Å². The Hall–Kier alpha value is -1.71. The molecule has 2 atom stereocenters. The average Bonchev–Trinajstić information content (AvgIpc) is 2.93. The molecule has 0 radical (unpaired) electrons. The highest BCUT2D eigenvalue weighted by atomic mass is 16.2. The summed E-state index contributed by atoms with van der Waals surface area (Å²) in [5, 5.41) is 0. The van der Waals surface area contributed by atoms with Crippen LogP contribution in [0.1, 0.15) is 35.4 Å². The Labute approximate surface area is 106 Å². The standard InChI is InChI=1S/C14H16N2O2/c1-9-3-2-4-12(15-9)13(17)8-16-11-6-5-10(7-11)14(16)18/h2-4,10-11H,5-8H2,1H3. The first-order chi connectivity index (χ1) is 8.65. The number of nitrogens with zero attached hydrogens (tertiary/aromatic N) is 2. The number of fused-ring (bicyclic) bond motifs is 2. The lowest BCUT2D eigenvalue weighted by atomic mass is 10.1. The van der Waals surface area contributed by atoms with Crippen molar-refractivity contribution in [1.82, 2.24) is 9.88 Å². The van der Waals surface area contributed by atoms with Crippen LogP contribution < -0.4 is 0 Å². The lowest BCUT2D eigenvalue weighted by Crippen LogP contribution is -2.40. The molecule has 1 aromatic rings. The van der Waals surface area contributed by atoms with Gasteiger partial charge in [0.25, 0.3) is 0 Å². The van der Waals surface area contributed by atoms with Gasteiger partial charge in [-0.3, -0.25) is 9.59 Å². The molecule has 1 aliphatic heterocycles. The van der Waals surface area contributed by atoms with Gasteiger partial charge >= 0.3 is 0 Å². The number of likely N-dealkylation sites (tertiary alicyclic amines) is 1. The first kappa shape index (κ1) is 11.4. The molecule has 4 nitrogen and oxygen atoms in total. The van der Waals surface area contributed by atoms with Crippen LogP contribution in [0, 0.1) is 12.8 Å². The van der Waals surface area contributed by atoms with E-state index in [9.17, 15) is 9.59 Å². The molecule has 2 unspecified atom stereocenters. The van der Waals surface area contributed by atoms with Gasteiger partial charge in [-0.15, -0.1) is 0 Å². The third-order valence-corrected chi connectivity index (χ3v) is 3.97. The lowest BCUT2D eigenvalue weighted by Gasteiger charge is -2.26. The van der Waals surface area contributed by atoms with E-state index >= 15 is 0 Å². The van der Waals surface area contributed by atoms with E-state index in [0.717, 1.165) is 25.0 Å². The Balaban J connectivity index is 1.74. The van der Waals surface area contributed by atoms with Crippen molar-refractivity contribution in [2.75, 3.05) is 6.54 Å². The Bertz CT molecular complexity index is 512. The minimum absolute atomic E-state index is 0.0559. The first-order valence-corrected chi connectivity index (χ1v) is 6.42. The molecule has 2 aliphatic rings. The van der Waals surface area contributed by atoms with E-state index in [0.29, 0.717) is 5.69 Å². The number of carbonyl (C=O) groups is 2. The van der Waals surface area contributed by atoms with Gasteiger partial charge in [0.2, 0.25) is 5.91 Å². The van der Waals surface area contributed by atoms with Crippen molar-refractivity contribution in [2.24, 2.45) is 5.92 Å². The molecule has 0 N–H and O–H groups in total. The van der Waals surface area contributed by atoms with Crippen molar-refractivity contribution in [3.63, 3.8) is 0 Å². The maximum atomic E-state index is 12.1. The summed E-state index contributed by atoms with van der Waals surface area (Å²) in [7, 11) is 0. The Morgan fingerprint density at radius 1 is 1.44 bits per heavy atom. The number of amides is 1. The van der Waals surface area contributed by atoms with Gasteiger partial charge in [0.05, 0.1) is 6.54 Å². The average molecular weight is 244 g/mol. The molecule has 2 fully saturated rings. The Kier molecular flexibility index (Phi) is 2.65. The fraction of sp³-hybridized carbons (Fsp3) is 0.500. The molecule has 4 heteroatoms. The molecule has 2 heterocycles. The largest absolute Gasteiger partial charge is 0.332 e. The number of aryl methyl sites for hydroxylation is 1. The fourth-order valence-corrected chi connectivity index (χ4v) is 3.02. The predicted octanol–water partition coefficient (Wildman–Crippen LogP) is 1.58. The van der Waals surface area contributed by atoms with Gasteiger partial charge in [-0.2, -0.15) is 0 Å². The quantitative estimate of drug-likeness (QED) is 0.759. The second-order valence-electron chi connectivity index (χ2n) is 5.22. The fourth-order valence-electron chi connectivity index (χ4n) is 3.02. The minimum Gasteiger partial charge on any atom is -0.332 e. The SMILES string of the molecule is Cc1cccc(C(=O)CN2C(=O)C3CCC2C3)n1. The van der Waals surface area contributed by atoms with Crippen LogP contribution in [0.5, 0.6) is 0 Å². The number of hydrogen-bond donors (Lipinski definition) is 0. The van der Waals surface area contributed by atoms with E-state index in [-0.39, 0.29) is 30.2 Å². The maximum Gasteiger partial charge on any atom is 0.226 e. The van der Waals surface area contributed by atoms with Crippen molar-refractivity contribution >= 4 is 11.7 Å². The number of carbonyl (C=O) groups excluding carboxylic acids is 2. The summed E-state index contributed by atoms with van der Waals surface area (Å²) in [4.78, 5) is 30.0. The van der Waals surface area contributed by atoms with E-state index in [4.69, 9.17) is 0 Å². The predicted molar refractivity (Wildman–Crippen MR) is 66.1 cm³/mol. The van der Waals surface area contributed by atoms with E-state index in [1.165, 1.54) is 0 Å². The van der Waals surface area contributed by atoms with Gasteiger partial charge in [0.15, 0.2) is 5.78 Å². The third kappa shape index (κ3) is 1.82. The Morgan fingerprint density at radius 3 is 2.94 bits per heavy atom. The summed E-state index contributed by atoms with van der Waals surface area (Å²) in [5.41, 5.74) is 1.29. The molecule has 1 amide bonds. The van der Waals surface area contributed by atoms with Crippen LogP contribution in [-0.4, -0.2) is 34.2 Å². The second-order valence-corrected chi connectivity index (χ2v) is 5.22. The van der Waals surface area contributed by atoms with Crippen molar-refractivity contribution in [2.45, 2.75) is 32.2 Å². The van der Waals surface area contributed by atoms with Crippen LogP contribution in [0.15, 0.2) is 18.2 Å². The number of ketones is 1. The van der Waals surface area contributed by atoms with Crippen molar-refractivity contribution in [3.05, 3.63) is 29.6 Å². The van der Waals surface area contributed by atoms with Gasteiger partial charge in [-0.1, -0.05) is 6.07 Å². The van der Waals surface area contributed by atoms with Gasteiger partial charge < -0.3 is 4.90 Å². The number of rotatable bonds is 3. The molecular formula is C14H16N2O2. The summed E-state index contributed by atoms with van der Waals surface area (Å²) in [6.07, 6.45) is 2.98. The minimum atomic E-state index is -0.0559. The smallest absolute Gasteiger partial charge is 0.226 e. The van der Waals surface area contributed by atoms with Crippen LogP contribution in [0.4, 0.5) is 0 Å². The maximum absolute atomic E-state index is 12.1. The molecule has 3 rings (SSSR count). The van der Waals surface area contributed by atoms with Crippen LogP contribution in [0.3, 0.4) is 0 Å². The highest BCUT2D eigenvalue weighted by molar-refractivity contribution is 5.98. The van der Waals surface area contributed by atoms with Crippen molar-refractivity contribution in [1.29, 1.82) is 0 Å². The van der Waals surface area contributed by atoms with Gasteiger partial charge in [-0.05, 0) is 38.3 Å². The number of piperidine rings is 1. The van der Waals surface area contributed by atoms with Crippen molar-refractivity contribution in [3.8, 4) is 0 Å². The van der Waals surface area contributed by atoms with Crippen molar-refractivity contribution < 1.29 is 9.59 Å². The molecule has 18 heavy (non-hydrogen) atoms. The Morgan fingerprint density at radius 2 is 2.28 bits per heavy atom. The zero-order chi connectivity index (χ0) is 12.7. The van der Waals surface area contributed by atoms with E-state index in [1.807, 2.05) is 19.1 Å². The first-order valence-electron chi connectivity index (χ1n) is 6.42. The van der Waals surface area contributed by atoms with Gasteiger partial charge in [-0.25, -0.2) is 4.98 Å². The summed E-state index contributed by atoms with van der Waals surface area (Å²) in [6, 6.07) is 5.69. The molecule has 1 saturated carbocycles. The van der Waals surface area contributed by atoms with E-state index in [1.54, 1.807) is 11.0 Å². The highest BCUT2D eigenvalue weighted by Crippen LogP contribution is 2.38. The lowest BCUT2D eigenvalue weighted by molar-refractivity contribution is -0.133.